The number of nitrogens with one attached hydrogen (secondary N) is 1. The summed E-state index contributed by atoms with van der Waals surface area (Å²) in [6, 6.07) is 11.4. The Kier molecular flexibility index (Phi) is 9.12. The third-order valence-electron chi connectivity index (χ3n) is 5.74. The van der Waals surface area contributed by atoms with Crippen LogP contribution in [0.2, 0.25) is 0 Å². The largest absolute Gasteiger partial charge is 0.493 e. The predicted molar refractivity (Wildman–Crippen MR) is 142 cm³/mol. The number of thioether (sulfide) groups is 1. The molecule has 0 spiro atoms. The van der Waals surface area contributed by atoms with E-state index in [-0.39, 0.29) is 11.8 Å². The molecule has 3 rings (SSSR count). The van der Waals surface area contributed by atoms with Crippen molar-refractivity contribution in [3.05, 3.63) is 58.0 Å². The highest BCUT2D eigenvalue weighted by atomic mass is 32.2. The fourth-order valence-electron chi connectivity index (χ4n) is 3.62. The molecule has 6 nitrogen and oxygen atoms in total. The monoisotopic (exact) mass is 498 g/mol. The number of hydrogen-bond acceptors (Lipinski definition) is 6. The molecule has 0 unspecified atom stereocenters. The molecule has 1 aliphatic rings. The average molecular weight is 499 g/mol. The Morgan fingerprint density at radius 3 is 2.59 bits per heavy atom. The summed E-state index contributed by atoms with van der Waals surface area (Å²) in [7, 11) is 3.16. The smallest absolute Gasteiger partial charge is 0.266 e. The molecule has 8 heteroatoms. The van der Waals surface area contributed by atoms with Gasteiger partial charge in [0.05, 0.1) is 19.1 Å². The molecule has 0 aliphatic carbocycles. The van der Waals surface area contributed by atoms with Crippen LogP contribution in [0, 0.1) is 13.8 Å². The molecule has 0 saturated carbocycles. The molecule has 2 amide bonds. The summed E-state index contributed by atoms with van der Waals surface area (Å²) < 4.78 is 11.2. The maximum Gasteiger partial charge on any atom is 0.266 e. The standard InChI is InChI=1S/C26H30N2O4S2/c1-17-9-8-10-20(18(17)2)27-24(29)11-6-5-7-14-28-25(30)23(34-26(28)33)16-19-12-13-21(31-3)22(15-19)32-4/h8-10,12-13,15-16H,5-7,11,14H2,1-4H3,(H,27,29). The van der Waals surface area contributed by atoms with Gasteiger partial charge >= 0.3 is 0 Å². The molecule has 0 aromatic heterocycles. The highest BCUT2D eigenvalue weighted by Crippen LogP contribution is 2.34. The quantitative estimate of drug-likeness (QED) is 0.257. The molecule has 2 aromatic carbocycles. The molecular weight excluding hydrogens is 468 g/mol. The van der Waals surface area contributed by atoms with Crippen LogP contribution >= 0.6 is 24.0 Å². The number of methoxy groups -OCH3 is 2. The van der Waals surface area contributed by atoms with Crippen LogP contribution in [0.1, 0.15) is 42.4 Å². The van der Waals surface area contributed by atoms with Gasteiger partial charge in [-0.25, -0.2) is 0 Å². The highest BCUT2D eigenvalue weighted by Gasteiger charge is 2.31. The van der Waals surface area contributed by atoms with Crippen LogP contribution < -0.4 is 14.8 Å². The Hall–Kier alpha value is -2.84. The zero-order valence-corrected chi connectivity index (χ0v) is 21.6. The summed E-state index contributed by atoms with van der Waals surface area (Å²) in [5.41, 5.74) is 3.95. The van der Waals surface area contributed by atoms with Gasteiger partial charge in [-0.05, 0) is 67.7 Å². The third-order valence-corrected chi connectivity index (χ3v) is 7.12. The van der Waals surface area contributed by atoms with Crippen molar-refractivity contribution in [2.45, 2.75) is 39.5 Å². The molecule has 1 fully saturated rings. The average Bonchev–Trinajstić information content (AvgIpc) is 3.08. The van der Waals surface area contributed by atoms with Gasteiger partial charge in [-0.2, -0.15) is 0 Å². The number of nitrogens with zero attached hydrogens (tertiary/aromatic N) is 1. The van der Waals surface area contributed by atoms with E-state index in [1.807, 2.05) is 56.3 Å². The Morgan fingerprint density at radius 1 is 1.09 bits per heavy atom. The van der Waals surface area contributed by atoms with Crippen LogP contribution in [0.4, 0.5) is 5.69 Å². The van der Waals surface area contributed by atoms with Crippen LogP contribution in [0.25, 0.3) is 6.08 Å². The summed E-state index contributed by atoms with van der Waals surface area (Å²) >= 11 is 6.74. The molecule has 180 valence electrons. The first-order valence-electron chi connectivity index (χ1n) is 11.2. The molecular formula is C26H30N2O4S2. The first-order valence-corrected chi connectivity index (χ1v) is 12.4. The molecule has 1 saturated heterocycles. The number of carbonyl (C=O) groups is 2. The van der Waals surface area contributed by atoms with Gasteiger partial charge in [-0.1, -0.05) is 48.6 Å². The van der Waals surface area contributed by atoms with Gasteiger partial charge in [0.1, 0.15) is 4.32 Å². The summed E-state index contributed by atoms with van der Waals surface area (Å²) in [4.78, 5) is 27.4. The number of hydrogen-bond donors (Lipinski definition) is 1. The maximum absolute atomic E-state index is 12.9. The van der Waals surface area contributed by atoms with E-state index in [2.05, 4.69) is 5.32 Å². The number of aryl methyl sites for hydroxylation is 1. The molecule has 0 radical (unpaired) electrons. The lowest BCUT2D eigenvalue weighted by Gasteiger charge is -2.14. The normalized spacial score (nSPS) is 14.6. The Bertz CT molecular complexity index is 1110. The van der Waals surface area contributed by atoms with Crippen LogP contribution in [0.5, 0.6) is 11.5 Å². The van der Waals surface area contributed by atoms with Crippen LogP contribution in [0.3, 0.4) is 0 Å². The van der Waals surface area contributed by atoms with Crippen molar-refractivity contribution < 1.29 is 19.1 Å². The molecule has 2 aromatic rings. The van der Waals surface area contributed by atoms with Crippen LogP contribution in [-0.2, 0) is 9.59 Å². The van der Waals surface area contributed by atoms with Gasteiger partial charge in [-0.3, -0.25) is 14.5 Å². The van der Waals surface area contributed by atoms with E-state index in [4.69, 9.17) is 21.7 Å². The fraction of sp³-hybridized carbons (Fsp3) is 0.346. The number of thiocarbonyl (C=S) groups is 1. The SMILES string of the molecule is COc1ccc(C=C2SC(=S)N(CCCCCC(=O)Nc3cccc(C)c3C)C2=O)cc1OC. The maximum atomic E-state index is 12.9. The molecule has 1 heterocycles. The topological polar surface area (TPSA) is 67.9 Å². The van der Waals surface area contributed by atoms with E-state index in [1.165, 1.54) is 11.8 Å². The number of ether oxygens (including phenoxy) is 2. The van der Waals surface area contributed by atoms with E-state index in [1.54, 1.807) is 19.1 Å². The number of benzene rings is 2. The van der Waals surface area contributed by atoms with E-state index in [0.717, 1.165) is 41.6 Å². The van der Waals surface area contributed by atoms with Gasteiger partial charge in [0.15, 0.2) is 11.5 Å². The Balaban J connectivity index is 1.47. The van der Waals surface area contributed by atoms with Gasteiger partial charge in [-0.15, -0.1) is 0 Å². The first-order chi connectivity index (χ1) is 16.3. The lowest BCUT2D eigenvalue weighted by atomic mass is 10.1. The van der Waals surface area contributed by atoms with E-state index >= 15 is 0 Å². The van der Waals surface area contributed by atoms with Gasteiger partial charge in [0, 0.05) is 18.7 Å². The minimum Gasteiger partial charge on any atom is -0.493 e. The van der Waals surface area contributed by atoms with Crippen LogP contribution in [0.15, 0.2) is 41.3 Å². The molecule has 1 N–H and O–H groups in total. The number of amides is 2. The fourth-order valence-corrected chi connectivity index (χ4v) is 4.93. The van der Waals surface area contributed by atoms with Crippen molar-refractivity contribution in [1.82, 2.24) is 4.90 Å². The van der Waals surface area contributed by atoms with Crippen molar-refractivity contribution in [1.29, 1.82) is 0 Å². The van der Waals surface area contributed by atoms with Crippen LogP contribution in [-0.4, -0.2) is 41.8 Å². The van der Waals surface area contributed by atoms with E-state index in [0.29, 0.717) is 33.7 Å². The number of unbranched alkanes of at least 4 members (excludes halogenated alkanes) is 2. The number of carbonyl (C=O) groups excluding carboxylic acids is 2. The Morgan fingerprint density at radius 2 is 1.85 bits per heavy atom. The summed E-state index contributed by atoms with van der Waals surface area (Å²) in [6.45, 7) is 4.58. The second-order valence-electron chi connectivity index (χ2n) is 8.05. The number of anilines is 1. The lowest BCUT2D eigenvalue weighted by molar-refractivity contribution is -0.122. The van der Waals surface area contributed by atoms with Gasteiger partial charge in [0.2, 0.25) is 5.91 Å². The van der Waals surface area contributed by atoms with Gasteiger partial charge < -0.3 is 14.8 Å². The van der Waals surface area contributed by atoms with Crippen molar-refractivity contribution in [2.24, 2.45) is 0 Å². The highest BCUT2D eigenvalue weighted by molar-refractivity contribution is 8.26. The summed E-state index contributed by atoms with van der Waals surface area (Å²) in [6.07, 6.45) is 4.65. The number of rotatable bonds is 10. The molecule has 1 aliphatic heterocycles. The zero-order valence-electron chi connectivity index (χ0n) is 20.0. The second kappa shape index (κ2) is 12.0. The lowest BCUT2D eigenvalue weighted by Crippen LogP contribution is -2.29. The van der Waals surface area contributed by atoms with Crippen molar-refractivity contribution >= 4 is 51.9 Å². The molecule has 34 heavy (non-hydrogen) atoms. The minimum atomic E-state index is -0.0857. The van der Waals surface area contributed by atoms with E-state index < -0.39 is 0 Å². The van der Waals surface area contributed by atoms with E-state index in [9.17, 15) is 9.59 Å². The van der Waals surface area contributed by atoms with Crippen molar-refractivity contribution in [3.63, 3.8) is 0 Å². The third kappa shape index (κ3) is 6.39. The Labute approximate surface area is 210 Å². The molecule has 0 bridgehead atoms. The minimum absolute atomic E-state index is 0.0113. The summed E-state index contributed by atoms with van der Waals surface area (Å²) in [5.74, 6) is 1.16. The van der Waals surface area contributed by atoms with Gasteiger partial charge in [0.25, 0.3) is 5.91 Å². The second-order valence-corrected chi connectivity index (χ2v) is 9.73. The summed E-state index contributed by atoms with van der Waals surface area (Å²) in [5, 5.41) is 2.99. The predicted octanol–water partition coefficient (Wildman–Crippen LogP) is 5.72. The van der Waals surface area contributed by atoms with Crippen molar-refractivity contribution in [3.8, 4) is 11.5 Å². The van der Waals surface area contributed by atoms with Crippen molar-refractivity contribution in [2.75, 3.05) is 26.1 Å². The zero-order chi connectivity index (χ0) is 24.7. The molecule has 0 atom stereocenters. The first kappa shape index (κ1) is 25.8.